The smallest absolute Gasteiger partial charge is 0.356 e. The van der Waals surface area contributed by atoms with E-state index in [0.29, 0.717) is 17.7 Å². The molecule has 0 bridgehead atoms. The molecule has 104 valence electrons. The summed E-state index contributed by atoms with van der Waals surface area (Å²) in [6, 6.07) is 8.16. The van der Waals surface area contributed by atoms with Crippen LogP contribution in [0.25, 0.3) is 5.69 Å². The molecule has 1 aromatic heterocycles. The van der Waals surface area contributed by atoms with Crippen molar-refractivity contribution in [2.24, 2.45) is 0 Å². The highest BCUT2D eigenvalue weighted by atomic mass is 16.5. The maximum absolute atomic E-state index is 11.4. The van der Waals surface area contributed by atoms with Gasteiger partial charge in [-0.15, -0.1) is 0 Å². The van der Waals surface area contributed by atoms with E-state index in [1.165, 1.54) is 13.2 Å². The first kappa shape index (κ1) is 13.8. The Morgan fingerprint density at radius 3 is 2.45 bits per heavy atom. The molecule has 0 saturated heterocycles. The zero-order chi connectivity index (χ0) is 14.7. The molecule has 0 spiro atoms. The van der Waals surface area contributed by atoms with E-state index < -0.39 is 11.9 Å². The van der Waals surface area contributed by atoms with Gasteiger partial charge in [-0.1, -0.05) is 6.92 Å². The highest BCUT2D eigenvalue weighted by Crippen LogP contribution is 2.15. The number of carboxylic acids is 1. The quantitative estimate of drug-likeness (QED) is 0.861. The standard InChI is InChI=1S/C14H14N2O4/c1-3-10-8-12(13(17)18)15-16(10)11-6-4-9(5-7-11)14(19)20-2/h4-8H,3H2,1-2H3,(H,17,18). The zero-order valence-corrected chi connectivity index (χ0v) is 11.2. The average Bonchev–Trinajstić information content (AvgIpc) is 2.91. The monoisotopic (exact) mass is 274 g/mol. The van der Waals surface area contributed by atoms with Gasteiger partial charge in [-0.05, 0) is 36.8 Å². The highest BCUT2D eigenvalue weighted by molar-refractivity contribution is 5.89. The molecule has 2 aromatic rings. The van der Waals surface area contributed by atoms with Gasteiger partial charge in [0.1, 0.15) is 0 Å². The van der Waals surface area contributed by atoms with E-state index in [-0.39, 0.29) is 5.69 Å². The Bertz CT molecular complexity index is 644. The van der Waals surface area contributed by atoms with Gasteiger partial charge in [-0.3, -0.25) is 0 Å². The molecule has 0 fully saturated rings. The van der Waals surface area contributed by atoms with Crippen molar-refractivity contribution < 1.29 is 19.4 Å². The number of carbonyl (C=O) groups excluding carboxylic acids is 1. The molecule has 0 unspecified atom stereocenters. The fraction of sp³-hybridized carbons (Fsp3) is 0.214. The minimum Gasteiger partial charge on any atom is -0.476 e. The van der Waals surface area contributed by atoms with Crippen LogP contribution in [0.3, 0.4) is 0 Å². The van der Waals surface area contributed by atoms with Gasteiger partial charge in [0.2, 0.25) is 0 Å². The zero-order valence-electron chi connectivity index (χ0n) is 11.2. The number of benzene rings is 1. The molecule has 0 radical (unpaired) electrons. The van der Waals surface area contributed by atoms with Gasteiger partial charge in [0.05, 0.1) is 18.4 Å². The van der Waals surface area contributed by atoms with Crippen molar-refractivity contribution in [1.29, 1.82) is 0 Å². The van der Waals surface area contributed by atoms with Crippen LogP contribution in [0, 0.1) is 0 Å². The number of nitrogens with zero attached hydrogens (tertiary/aromatic N) is 2. The lowest BCUT2D eigenvalue weighted by Gasteiger charge is -2.06. The average molecular weight is 274 g/mol. The van der Waals surface area contributed by atoms with Crippen LogP contribution in [-0.4, -0.2) is 33.9 Å². The molecule has 0 aliphatic carbocycles. The first-order valence-corrected chi connectivity index (χ1v) is 6.07. The molecule has 1 heterocycles. The second kappa shape index (κ2) is 5.56. The van der Waals surface area contributed by atoms with E-state index in [1.54, 1.807) is 28.9 Å². The van der Waals surface area contributed by atoms with Crippen LogP contribution in [0.15, 0.2) is 30.3 Å². The van der Waals surface area contributed by atoms with Gasteiger partial charge >= 0.3 is 11.9 Å². The first-order valence-electron chi connectivity index (χ1n) is 6.07. The van der Waals surface area contributed by atoms with Crippen molar-refractivity contribution in [3.63, 3.8) is 0 Å². The number of carbonyl (C=O) groups is 2. The lowest BCUT2D eigenvalue weighted by atomic mass is 10.2. The number of esters is 1. The summed E-state index contributed by atoms with van der Waals surface area (Å²) in [5.74, 6) is -1.48. The van der Waals surface area contributed by atoms with Crippen LogP contribution in [-0.2, 0) is 11.2 Å². The van der Waals surface area contributed by atoms with Crippen molar-refractivity contribution in [2.45, 2.75) is 13.3 Å². The Morgan fingerprint density at radius 2 is 1.95 bits per heavy atom. The second-order valence-electron chi connectivity index (χ2n) is 4.13. The van der Waals surface area contributed by atoms with Gasteiger partial charge < -0.3 is 9.84 Å². The van der Waals surface area contributed by atoms with E-state index in [0.717, 1.165) is 5.69 Å². The van der Waals surface area contributed by atoms with Crippen LogP contribution in [0.2, 0.25) is 0 Å². The normalized spacial score (nSPS) is 10.3. The van der Waals surface area contributed by atoms with Gasteiger partial charge in [0.15, 0.2) is 5.69 Å². The molecule has 1 N–H and O–H groups in total. The molecule has 6 heteroatoms. The SMILES string of the molecule is CCc1cc(C(=O)O)nn1-c1ccc(C(=O)OC)cc1. The third-order valence-corrected chi connectivity index (χ3v) is 2.90. The van der Waals surface area contributed by atoms with Gasteiger partial charge in [0.25, 0.3) is 0 Å². The third kappa shape index (κ3) is 2.54. The second-order valence-corrected chi connectivity index (χ2v) is 4.13. The Kier molecular flexibility index (Phi) is 3.84. The molecule has 0 amide bonds. The van der Waals surface area contributed by atoms with Gasteiger partial charge in [-0.25, -0.2) is 14.3 Å². The van der Waals surface area contributed by atoms with Crippen molar-refractivity contribution in [3.8, 4) is 5.69 Å². The van der Waals surface area contributed by atoms with E-state index in [2.05, 4.69) is 9.84 Å². The summed E-state index contributed by atoms with van der Waals surface area (Å²) in [5.41, 5.74) is 1.91. The number of hydrogen-bond donors (Lipinski definition) is 1. The van der Waals surface area contributed by atoms with Crippen molar-refractivity contribution in [1.82, 2.24) is 9.78 Å². The molecule has 6 nitrogen and oxygen atoms in total. The third-order valence-electron chi connectivity index (χ3n) is 2.90. The minimum absolute atomic E-state index is 0.00102. The number of methoxy groups -OCH3 is 1. The molecular formula is C14H14N2O4. The predicted octanol–water partition coefficient (Wildman–Crippen LogP) is 1.92. The summed E-state index contributed by atoms with van der Waals surface area (Å²) < 4.78 is 6.18. The molecule has 20 heavy (non-hydrogen) atoms. The van der Waals surface area contributed by atoms with E-state index in [4.69, 9.17) is 5.11 Å². The van der Waals surface area contributed by atoms with Crippen molar-refractivity contribution in [2.75, 3.05) is 7.11 Å². The summed E-state index contributed by atoms with van der Waals surface area (Å²) in [4.78, 5) is 22.3. The van der Waals surface area contributed by atoms with Gasteiger partial charge in [0, 0.05) is 5.69 Å². The molecular weight excluding hydrogens is 260 g/mol. The van der Waals surface area contributed by atoms with E-state index >= 15 is 0 Å². The number of carboxylic acid groups (broad SMARTS) is 1. The predicted molar refractivity (Wildman–Crippen MR) is 71.2 cm³/mol. The fourth-order valence-electron chi connectivity index (χ4n) is 1.86. The van der Waals surface area contributed by atoms with E-state index in [1.807, 2.05) is 6.92 Å². The Labute approximate surface area is 115 Å². The Morgan fingerprint density at radius 1 is 1.30 bits per heavy atom. The molecule has 0 atom stereocenters. The van der Waals surface area contributed by atoms with Crippen LogP contribution in [0.4, 0.5) is 0 Å². The highest BCUT2D eigenvalue weighted by Gasteiger charge is 2.13. The maximum Gasteiger partial charge on any atom is 0.356 e. The van der Waals surface area contributed by atoms with Crippen molar-refractivity contribution in [3.05, 3.63) is 47.3 Å². The molecule has 1 aromatic carbocycles. The Hall–Kier alpha value is -2.63. The molecule has 2 rings (SSSR count). The number of aromatic nitrogens is 2. The van der Waals surface area contributed by atoms with E-state index in [9.17, 15) is 9.59 Å². The summed E-state index contributed by atoms with van der Waals surface area (Å²) in [6.07, 6.45) is 0.652. The largest absolute Gasteiger partial charge is 0.476 e. The summed E-state index contributed by atoms with van der Waals surface area (Å²) in [5, 5.41) is 13.0. The number of ether oxygens (including phenoxy) is 1. The number of rotatable bonds is 4. The lowest BCUT2D eigenvalue weighted by molar-refractivity contribution is 0.0600. The summed E-state index contributed by atoms with van der Waals surface area (Å²) in [6.45, 7) is 1.92. The number of aromatic carboxylic acids is 1. The first-order chi connectivity index (χ1) is 9.56. The number of hydrogen-bond acceptors (Lipinski definition) is 4. The van der Waals surface area contributed by atoms with Crippen LogP contribution in [0.1, 0.15) is 33.5 Å². The lowest BCUT2D eigenvalue weighted by Crippen LogP contribution is -2.05. The summed E-state index contributed by atoms with van der Waals surface area (Å²) in [7, 11) is 1.32. The molecule has 0 saturated carbocycles. The van der Waals surface area contributed by atoms with Crippen LogP contribution < -0.4 is 0 Å². The Balaban J connectivity index is 2.40. The molecule has 0 aliphatic heterocycles. The van der Waals surface area contributed by atoms with Crippen LogP contribution >= 0.6 is 0 Å². The maximum atomic E-state index is 11.4. The van der Waals surface area contributed by atoms with Crippen molar-refractivity contribution >= 4 is 11.9 Å². The topological polar surface area (TPSA) is 81.4 Å². The molecule has 0 aliphatic rings. The minimum atomic E-state index is -1.07. The van der Waals surface area contributed by atoms with Crippen LogP contribution in [0.5, 0.6) is 0 Å². The fourth-order valence-corrected chi connectivity index (χ4v) is 1.86. The van der Waals surface area contributed by atoms with Gasteiger partial charge in [-0.2, -0.15) is 5.10 Å². The number of aryl methyl sites for hydroxylation is 1. The summed E-state index contributed by atoms with van der Waals surface area (Å²) >= 11 is 0.